The van der Waals surface area contributed by atoms with Crippen molar-refractivity contribution in [1.82, 2.24) is 0 Å². The zero-order valence-corrected chi connectivity index (χ0v) is 9.05. The van der Waals surface area contributed by atoms with Gasteiger partial charge in [0.25, 0.3) is 0 Å². The van der Waals surface area contributed by atoms with Crippen LogP contribution in [0, 0.1) is 16.7 Å². The second-order valence-electron chi connectivity index (χ2n) is 3.87. The molecule has 0 aliphatic heterocycles. The van der Waals surface area contributed by atoms with Gasteiger partial charge in [0.1, 0.15) is 0 Å². The topological polar surface area (TPSA) is 78.2 Å². The first-order valence-electron chi connectivity index (χ1n) is 4.73. The third-order valence-corrected chi connectivity index (χ3v) is 5.24. The number of rotatable bonds is 3. The fraction of sp³-hybridized carbons (Fsp3) is 0.889. The molecule has 1 aliphatic carbocycles. The van der Waals surface area contributed by atoms with E-state index in [-0.39, 0.29) is 18.8 Å². The van der Waals surface area contributed by atoms with Gasteiger partial charge in [-0.25, -0.2) is 8.42 Å². The van der Waals surface area contributed by atoms with Gasteiger partial charge in [-0.05, 0) is 19.3 Å². The number of hydrogen-bond donors (Lipinski definition) is 1. The quantitative estimate of drug-likeness (QED) is 0.745. The first-order valence-corrected chi connectivity index (χ1v) is 6.45. The van der Waals surface area contributed by atoms with Crippen molar-refractivity contribution in [2.75, 3.05) is 12.4 Å². The van der Waals surface area contributed by atoms with Gasteiger partial charge in [0, 0.05) is 5.75 Å². The Hall–Kier alpha value is -0.600. The van der Waals surface area contributed by atoms with Crippen LogP contribution in [0.3, 0.4) is 0 Å². The molecule has 2 atom stereocenters. The van der Waals surface area contributed by atoms with E-state index in [1.165, 1.54) is 0 Å². The van der Waals surface area contributed by atoms with Crippen LogP contribution in [0.25, 0.3) is 0 Å². The van der Waals surface area contributed by atoms with E-state index in [4.69, 9.17) is 10.4 Å². The van der Waals surface area contributed by atoms with Gasteiger partial charge in [0.2, 0.25) is 0 Å². The Balaban J connectivity index is 2.81. The molecule has 0 bridgehead atoms. The van der Waals surface area contributed by atoms with E-state index < -0.39 is 20.5 Å². The van der Waals surface area contributed by atoms with Gasteiger partial charge < -0.3 is 5.11 Å². The average Bonchev–Trinajstić information content (AvgIpc) is 2.63. The van der Waals surface area contributed by atoms with Crippen LogP contribution in [0.15, 0.2) is 0 Å². The Labute approximate surface area is 84.5 Å². The van der Waals surface area contributed by atoms with Gasteiger partial charge in [-0.3, -0.25) is 0 Å². The van der Waals surface area contributed by atoms with Crippen molar-refractivity contribution >= 4 is 9.84 Å². The molecule has 1 aliphatic rings. The molecule has 1 saturated carbocycles. The van der Waals surface area contributed by atoms with E-state index in [1.54, 1.807) is 6.92 Å². The molecule has 0 unspecified atom stereocenters. The number of nitrogens with zero attached hydrogens (tertiary/aromatic N) is 1. The number of hydrogen-bond acceptors (Lipinski definition) is 4. The van der Waals surface area contributed by atoms with Crippen molar-refractivity contribution in [1.29, 1.82) is 5.26 Å². The maximum atomic E-state index is 11.5. The fourth-order valence-electron chi connectivity index (χ4n) is 1.90. The van der Waals surface area contributed by atoms with Crippen molar-refractivity contribution in [3.8, 4) is 6.07 Å². The maximum absolute atomic E-state index is 11.5. The van der Waals surface area contributed by atoms with Gasteiger partial charge in [-0.15, -0.1) is 0 Å². The van der Waals surface area contributed by atoms with Crippen LogP contribution in [0.1, 0.15) is 26.2 Å². The highest BCUT2D eigenvalue weighted by Crippen LogP contribution is 2.40. The Kier molecular flexibility index (Phi) is 3.17. The Morgan fingerprint density at radius 2 is 2.29 bits per heavy atom. The summed E-state index contributed by atoms with van der Waals surface area (Å²) in [5.74, 6) is 0.116. The van der Waals surface area contributed by atoms with E-state index >= 15 is 0 Å². The lowest BCUT2D eigenvalue weighted by molar-refractivity contribution is 0.180. The fourth-order valence-corrected chi connectivity index (χ4v) is 3.42. The summed E-state index contributed by atoms with van der Waals surface area (Å²) in [4.78, 5) is 0. The standard InChI is InChI=1S/C9H15NO3S/c1-2-14(12,13)8-3-4-9(5-8,6-10)7-11/h8,11H,2-5,7H2,1H3/t8-,9+/m1/s1. The smallest absolute Gasteiger partial charge is 0.152 e. The van der Waals surface area contributed by atoms with Crippen LogP contribution in [0.2, 0.25) is 0 Å². The van der Waals surface area contributed by atoms with Gasteiger partial charge >= 0.3 is 0 Å². The minimum Gasteiger partial charge on any atom is -0.395 e. The van der Waals surface area contributed by atoms with Crippen LogP contribution in [-0.4, -0.2) is 31.1 Å². The summed E-state index contributed by atoms with van der Waals surface area (Å²) in [7, 11) is -3.05. The molecule has 0 saturated heterocycles. The van der Waals surface area contributed by atoms with Crippen LogP contribution in [0.5, 0.6) is 0 Å². The van der Waals surface area contributed by atoms with Crippen LogP contribution in [0.4, 0.5) is 0 Å². The lowest BCUT2D eigenvalue weighted by atomic mass is 9.89. The molecule has 1 N–H and O–H groups in total. The van der Waals surface area contributed by atoms with Gasteiger partial charge in [0.15, 0.2) is 9.84 Å². The molecule has 5 heteroatoms. The first kappa shape index (κ1) is 11.5. The summed E-state index contributed by atoms with van der Waals surface area (Å²) in [5, 5.41) is 17.5. The SMILES string of the molecule is CCS(=O)(=O)[C@@H]1CC[C@](C#N)(CO)C1. The lowest BCUT2D eigenvalue weighted by Crippen LogP contribution is -2.25. The molecule has 80 valence electrons. The molecule has 0 amide bonds. The number of nitriles is 1. The summed E-state index contributed by atoms with van der Waals surface area (Å²) in [6.07, 6.45) is 1.28. The highest BCUT2D eigenvalue weighted by atomic mass is 32.2. The maximum Gasteiger partial charge on any atom is 0.152 e. The molecule has 0 aromatic heterocycles. The Morgan fingerprint density at radius 3 is 2.64 bits per heavy atom. The Morgan fingerprint density at radius 1 is 1.64 bits per heavy atom. The summed E-state index contributed by atoms with van der Waals surface area (Å²) in [6.45, 7) is 1.37. The van der Waals surface area contributed by atoms with Gasteiger partial charge in [-0.2, -0.15) is 5.26 Å². The Bertz CT molecular complexity index is 344. The zero-order valence-electron chi connectivity index (χ0n) is 8.23. The van der Waals surface area contributed by atoms with E-state index in [2.05, 4.69) is 0 Å². The number of aliphatic hydroxyl groups is 1. The van der Waals surface area contributed by atoms with Crippen molar-refractivity contribution in [2.24, 2.45) is 5.41 Å². The molecule has 1 fully saturated rings. The molecule has 0 aromatic rings. The van der Waals surface area contributed by atoms with Gasteiger partial charge in [-0.1, -0.05) is 6.92 Å². The van der Waals surface area contributed by atoms with E-state index in [0.29, 0.717) is 12.8 Å². The molecular formula is C9H15NO3S. The normalized spacial score (nSPS) is 32.8. The van der Waals surface area contributed by atoms with Crippen LogP contribution < -0.4 is 0 Å². The number of sulfone groups is 1. The molecule has 14 heavy (non-hydrogen) atoms. The molecular weight excluding hydrogens is 202 g/mol. The second-order valence-corrected chi connectivity index (χ2v) is 6.44. The molecule has 0 heterocycles. The van der Waals surface area contributed by atoms with Crippen LogP contribution in [-0.2, 0) is 9.84 Å². The predicted octanol–water partition coefficient (Wildman–Crippen LogP) is 0.476. The second kappa shape index (κ2) is 3.87. The van der Waals surface area contributed by atoms with E-state index in [0.717, 1.165) is 0 Å². The molecule has 0 radical (unpaired) electrons. The van der Waals surface area contributed by atoms with Crippen molar-refractivity contribution in [3.63, 3.8) is 0 Å². The summed E-state index contributed by atoms with van der Waals surface area (Å²) < 4.78 is 23.1. The van der Waals surface area contributed by atoms with E-state index in [9.17, 15) is 8.42 Å². The van der Waals surface area contributed by atoms with E-state index in [1.807, 2.05) is 6.07 Å². The molecule has 4 nitrogen and oxygen atoms in total. The van der Waals surface area contributed by atoms with Crippen LogP contribution >= 0.6 is 0 Å². The average molecular weight is 217 g/mol. The minimum atomic E-state index is -3.05. The third-order valence-electron chi connectivity index (χ3n) is 3.01. The summed E-state index contributed by atoms with van der Waals surface area (Å²) in [5.41, 5.74) is -0.813. The molecule has 1 rings (SSSR count). The van der Waals surface area contributed by atoms with Crippen molar-refractivity contribution in [2.45, 2.75) is 31.4 Å². The lowest BCUT2D eigenvalue weighted by Gasteiger charge is -2.16. The van der Waals surface area contributed by atoms with Gasteiger partial charge in [0.05, 0.1) is 23.3 Å². The monoisotopic (exact) mass is 217 g/mol. The summed E-state index contributed by atoms with van der Waals surface area (Å²) in [6, 6.07) is 2.04. The molecule has 0 spiro atoms. The zero-order chi connectivity index (χ0) is 10.8. The molecule has 0 aromatic carbocycles. The highest BCUT2D eigenvalue weighted by molar-refractivity contribution is 7.92. The first-order chi connectivity index (χ1) is 6.49. The summed E-state index contributed by atoms with van der Waals surface area (Å²) >= 11 is 0. The minimum absolute atomic E-state index is 0.116. The predicted molar refractivity (Wildman–Crippen MR) is 52.2 cm³/mol. The van der Waals surface area contributed by atoms with Crippen molar-refractivity contribution < 1.29 is 13.5 Å². The van der Waals surface area contributed by atoms with Crippen molar-refractivity contribution in [3.05, 3.63) is 0 Å². The third kappa shape index (κ3) is 1.91. The largest absolute Gasteiger partial charge is 0.395 e. The highest BCUT2D eigenvalue weighted by Gasteiger charge is 2.43. The number of aliphatic hydroxyl groups excluding tert-OH is 1.